The molecule has 1 aliphatic heterocycles. The van der Waals surface area contributed by atoms with E-state index in [2.05, 4.69) is 34.5 Å². The van der Waals surface area contributed by atoms with Crippen LogP contribution in [-0.2, 0) is 17.9 Å². The Labute approximate surface area is 162 Å². The van der Waals surface area contributed by atoms with Gasteiger partial charge in [-0.1, -0.05) is 55.8 Å². The highest BCUT2D eigenvalue weighted by Gasteiger charge is 2.18. The molecule has 1 heterocycles. The third-order valence-electron chi connectivity index (χ3n) is 5.00. The van der Waals surface area contributed by atoms with Crippen molar-refractivity contribution in [3.8, 4) is 5.75 Å². The standard InChI is InChI=1S/C23H30N2O2/c1-2-22(27-21-12-5-3-6-13-21)23(26)24-17-19-10-9-11-20(16-19)18-25-14-7-4-8-15-25/h3,5-6,9-13,16,22H,2,4,7-8,14-15,17-18H2,1H3,(H,24,26)/t22-/m1/s1. The maximum atomic E-state index is 12.5. The van der Waals surface area contributed by atoms with Crippen LogP contribution in [0.2, 0.25) is 0 Å². The SMILES string of the molecule is CC[C@@H](Oc1ccccc1)C(=O)NCc1cccc(CN2CCCCC2)c1. The van der Waals surface area contributed by atoms with Crippen molar-refractivity contribution in [2.75, 3.05) is 13.1 Å². The molecular formula is C23H30N2O2. The summed E-state index contributed by atoms with van der Waals surface area (Å²) in [5.41, 5.74) is 2.45. The van der Waals surface area contributed by atoms with E-state index in [1.165, 1.54) is 37.9 Å². The van der Waals surface area contributed by atoms with E-state index in [1.807, 2.05) is 37.3 Å². The summed E-state index contributed by atoms with van der Waals surface area (Å²) >= 11 is 0. The van der Waals surface area contributed by atoms with E-state index < -0.39 is 6.10 Å². The van der Waals surface area contributed by atoms with E-state index in [0.29, 0.717) is 13.0 Å². The summed E-state index contributed by atoms with van der Waals surface area (Å²) < 4.78 is 5.82. The number of benzene rings is 2. The number of carbonyl (C=O) groups is 1. The van der Waals surface area contributed by atoms with E-state index in [-0.39, 0.29) is 5.91 Å². The van der Waals surface area contributed by atoms with E-state index in [9.17, 15) is 4.79 Å². The molecule has 1 atom stereocenters. The van der Waals surface area contributed by atoms with Gasteiger partial charge in [-0.2, -0.15) is 0 Å². The highest BCUT2D eigenvalue weighted by Crippen LogP contribution is 2.15. The fraction of sp³-hybridized carbons (Fsp3) is 0.435. The number of nitrogens with one attached hydrogen (secondary N) is 1. The van der Waals surface area contributed by atoms with Gasteiger partial charge in [0.2, 0.25) is 0 Å². The molecule has 4 heteroatoms. The van der Waals surface area contributed by atoms with Crippen LogP contribution in [0.1, 0.15) is 43.7 Å². The Morgan fingerprint density at radius 1 is 1.04 bits per heavy atom. The van der Waals surface area contributed by atoms with Crippen LogP contribution in [0.5, 0.6) is 5.75 Å². The van der Waals surface area contributed by atoms with Crippen molar-refractivity contribution < 1.29 is 9.53 Å². The fourth-order valence-electron chi connectivity index (χ4n) is 3.50. The van der Waals surface area contributed by atoms with E-state index in [4.69, 9.17) is 4.74 Å². The van der Waals surface area contributed by atoms with Crippen molar-refractivity contribution in [1.82, 2.24) is 10.2 Å². The average Bonchev–Trinajstić information content (AvgIpc) is 2.72. The molecule has 0 spiro atoms. The Morgan fingerprint density at radius 3 is 2.52 bits per heavy atom. The zero-order chi connectivity index (χ0) is 18.9. The summed E-state index contributed by atoms with van der Waals surface area (Å²) in [5, 5.41) is 3.02. The molecule has 1 aliphatic rings. The van der Waals surface area contributed by atoms with Crippen molar-refractivity contribution in [1.29, 1.82) is 0 Å². The van der Waals surface area contributed by atoms with Crippen LogP contribution in [0.15, 0.2) is 54.6 Å². The second-order valence-electron chi connectivity index (χ2n) is 7.20. The van der Waals surface area contributed by atoms with E-state index in [0.717, 1.165) is 17.9 Å². The molecule has 0 aliphatic carbocycles. The second kappa shape index (κ2) is 10.1. The molecule has 1 saturated heterocycles. The molecule has 0 radical (unpaired) electrons. The van der Waals surface area contributed by atoms with Gasteiger partial charge in [0.25, 0.3) is 5.91 Å². The number of para-hydroxylation sites is 1. The minimum absolute atomic E-state index is 0.0669. The maximum absolute atomic E-state index is 12.5. The number of amides is 1. The highest BCUT2D eigenvalue weighted by molar-refractivity contribution is 5.81. The number of hydrogen-bond acceptors (Lipinski definition) is 3. The van der Waals surface area contributed by atoms with Crippen LogP contribution in [0, 0.1) is 0 Å². The van der Waals surface area contributed by atoms with Crippen LogP contribution < -0.4 is 10.1 Å². The van der Waals surface area contributed by atoms with Crippen LogP contribution in [-0.4, -0.2) is 30.0 Å². The van der Waals surface area contributed by atoms with Crippen LogP contribution in [0.3, 0.4) is 0 Å². The molecule has 4 nitrogen and oxygen atoms in total. The number of rotatable bonds is 8. The van der Waals surface area contributed by atoms with Crippen LogP contribution >= 0.6 is 0 Å². The van der Waals surface area contributed by atoms with Crippen molar-refractivity contribution in [3.63, 3.8) is 0 Å². The largest absolute Gasteiger partial charge is 0.481 e. The molecule has 3 rings (SSSR count). The molecular weight excluding hydrogens is 336 g/mol. The molecule has 2 aromatic carbocycles. The molecule has 0 saturated carbocycles. The van der Waals surface area contributed by atoms with Gasteiger partial charge < -0.3 is 10.1 Å². The number of carbonyl (C=O) groups excluding carboxylic acids is 1. The summed E-state index contributed by atoms with van der Waals surface area (Å²) in [5.74, 6) is 0.658. The quantitative estimate of drug-likeness (QED) is 0.763. The molecule has 0 bridgehead atoms. The molecule has 1 fully saturated rings. The van der Waals surface area contributed by atoms with Crippen molar-refractivity contribution in [3.05, 3.63) is 65.7 Å². The first-order valence-electron chi connectivity index (χ1n) is 10.0. The number of ether oxygens (including phenoxy) is 1. The normalized spacial score (nSPS) is 15.9. The summed E-state index contributed by atoms with van der Waals surface area (Å²) in [6.45, 7) is 5.87. The smallest absolute Gasteiger partial charge is 0.261 e. The van der Waals surface area contributed by atoms with Gasteiger partial charge >= 0.3 is 0 Å². The van der Waals surface area contributed by atoms with Crippen molar-refractivity contribution >= 4 is 5.91 Å². The number of nitrogens with zero attached hydrogens (tertiary/aromatic N) is 1. The van der Waals surface area contributed by atoms with E-state index in [1.54, 1.807) is 0 Å². The summed E-state index contributed by atoms with van der Waals surface area (Å²) in [7, 11) is 0. The Morgan fingerprint density at radius 2 is 1.78 bits per heavy atom. The molecule has 1 amide bonds. The first kappa shape index (κ1) is 19.4. The molecule has 27 heavy (non-hydrogen) atoms. The first-order chi connectivity index (χ1) is 13.2. The predicted octanol–water partition coefficient (Wildman–Crippen LogP) is 4.15. The predicted molar refractivity (Wildman–Crippen MR) is 109 cm³/mol. The first-order valence-corrected chi connectivity index (χ1v) is 10.0. The molecule has 144 valence electrons. The lowest BCUT2D eigenvalue weighted by Crippen LogP contribution is -2.37. The number of likely N-dealkylation sites (tertiary alicyclic amines) is 1. The molecule has 1 N–H and O–H groups in total. The van der Waals surface area contributed by atoms with Gasteiger partial charge in [-0.15, -0.1) is 0 Å². The van der Waals surface area contributed by atoms with Gasteiger partial charge in [0.15, 0.2) is 6.10 Å². The fourth-order valence-corrected chi connectivity index (χ4v) is 3.50. The summed E-state index contributed by atoms with van der Waals surface area (Å²) in [6.07, 6.45) is 4.12. The summed E-state index contributed by atoms with van der Waals surface area (Å²) in [6, 6.07) is 18.0. The zero-order valence-corrected chi connectivity index (χ0v) is 16.2. The van der Waals surface area contributed by atoms with Gasteiger partial charge in [-0.05, 0) is 55.6 Å². The third-order valence-corrected chi connectivity index (χ3v) is 5.00. The Balaban J connectivity index is 1.52. The molecule has 0 aromatic heterocycles. The van der Waals surface area contributed by atoms with E-state index >= 15 is 0 Å². The third kappa shape index (κ3) is 6.10. The van der Waals surface area contributed by atoms with Gasteiger partial charge in [0.05, 0.1) is 0 Å². The number of piperidine rings is 1. The minimum atomic E-state index is -0.469. The lowest BCUT2D eigenvalue weighted by atomic mass is 10.1. The Kier molecular flexibility index (Phi) is 7.28. The van der Waals surface area contributed by atoms with Crippen molar-refractivity contribution in [2.45, 2.75) is 51.8 Å². The zero-order valence-electron chi connectivity index (χ0n) is 16.2. The van der Waals surface area contributed by atoms with Gasteiger partial charge in [0, 0.05) is 13.1 Å². The van der Waals surface area contributed by atoms with Crippen LogP contribution in [0.25, 0.3) is 0 Å². The highest BCUT2D eigenvalue weighted by atomic mass is 16.5. The van der Waals surface area contributed by atoms with Crippen LogP contribution in [0.4, 0.5) is 0 Å². The monoisotopic (exact) mass is 366 g/mol. The Hall–Kier alpha value is -2.33. The summed E-state index contributed by atoms with van der Waals surface area (Å²) in [4.78, 5) is 15.0. The lowest BCUT2D eigenvalue weighted by Gasteiger charge is -2.26. The lowest BCUT2D eigenvalue weighted by molar-refractivity contribution is -0.128. The second-order valence-corrected chi connectivity index (χ2v) is 7.20. The van der Waals surface area contributed by atoms with Gasteiger partial charge in [0.1, 0.15) is 5.75 Å². The maximum Gasteiger partial charge on any atom is 0.261 e. The van der Waals surface area contributed by atoms with Gasteiger partial charge in [-0.25, -0.2) is 0 Å². The minimum Gasteiger partial charge on any atom is -0.481 e. The molecule has 0 unspecified atom stereocenters. The molecule has 2 aromatic rings. The average molecular weight is 367 g/mol. The Bertz CT molecular complexity index is 711. The van der Waals surface area contributed by atoms with Gasteiger partial charge in [-0.3, -0.25) is 9.69 Å². The van der Waals surface area contributed by atoms with Crippen molar-refractivity contribution in [2.24, 2.45) is 0 Å². The topological polar surface area (TPSA) is 41.6 Å². The number of hydrogen-bond donors (Lipinski definition) is 1.